The molecule has 0 saturated carbocycles. The van der Waals surface area contributed by atoms with Gasteiger partial charge in [-0.2, -0.15) is 0 Å². The van der Waals surface area contributed by atoms with Crippen molar-refractivity contribution in [1.29, 1.82) is 0 Å². The summed E-state index contributed by atoms with van der Waals surface area (Å²) in [6.45, 7) is 4.37. The van der Waals surface area contributed by atoms with Crippen LogP contribution in [0.5, 0.6) is 5.75 Å². The Balaban J connectivity index is 2.46. The maximum absolute atomic E-state index is 11.6. The standard InChI is InChI=1S/C13H18N2O4/c1-9(2)7-18-11-5-3-10(4-6-11)13(17)15-19-8-12(14)16/h3-6,9H,7-8H2,1-2H3,(H2,14,16)(H,15,17). The van der Waals surface area contributed by atoms with Gasteiger partial charge in [0.1, 0.15) is 5.75 Å². The Morgan fingerprint density at radius 1 is 1.26 bits per heavy atom. The maximum atomic E-state index is 11.6. The molecule has 0 unspecified atom stereocenters. The van der Waals surface area contributed by atoms with Gasteiger partial charge in [-0.15, -0.1) is 0 Å². The number of rotatable bonds is 7. The zero-order chi connectivity index (χ0) is 14.3. The lowest BCUT2D eigenvalue weighted by Gasteiger charge is -2.09. The van der Waals surface area contributed by atoms with Crippen LogP contribution in [-0.4, -0.2) is 25.0 Å². The number of hydrogen-bond acceptors (Lipinski definition) is 4. The first-order valence-electron chi connectivity index (χ1n) is 5.92. The molecule has 1 rings (SSSR count). The van der Waals surface area contributed by atoms with Crippen LogP contribution in [0.2, 0.25) is 0 Å². The van der Waals surface area contributed by atoms with Crippen LogP contribution in [-0.2, 0) is 9.63 Å². The highest BCUT2D eigenvalue weighted by atomic mass is 16.7. The third-order valence-electron chi connectivity index (χ3n) is 2.08. The molecule has 0 fully saturated rings. The zero-order valence-electron chi connectivity index (χ0n) is 11.0. The number of nitrogens with one attached hydrogen (secondary N) is 1. The Bertz CT molecular complexity index is 429. The van der Waals surface area contributed by atoms with Gasteiger partial charge in [0.15, 0.2) is 6.61 Å². The van der Waals surface area contributed by atoms with Crippen LogP contribution in [0.15, 0.2) is 24.3 Å². The lowest BCUT2D eigenvalue weighted by atomic mass is 10.2. The molecule has 0 aliphatic rings. The Morgan fingerprint density at radius 3 is 2.42 bits per heavy atom. The van der Waals surface area contributed by atoms with Gasteiger partial charge in [0.25, 0.3) is 5.91 Å². The summed E-state index contributed by atoms with van der Waals surface area (Å²) < 4.78 is 5.49. The van der Waals surface area contributed by atoms with Crippen molar-refractivity contribution in [3.8, 4) is 5.75 Å². The molecule has 19 heavy (non-hydrogen) atoms. The molecule has 0 aromatic heterocycles. The predicted molar refractivity (Wildman–Crippen MR) is 69.4 cm³/mol. The molecule has 104 valence electrons. The number of ether oxygens (including phenoxy) is 1. The molecule has 0 atom stereocenters. The van der Waals surface area contributed by atoms with Gasteiger partial charge in [0.05, 0.1) is 6.61 Å². The normalized spacial score (nSPS) is 10.3. The summed E-state index contributed by atoms with van der Waals surface area (Å²) in [7, 11) is 0. The van der Waals surface area contributed by atoms with E-state index < -0.39 is 11.8 Å². The molecule has 0 radical (unpaired) electrons. The SMILES string of the molecule is CC(C)COc1ccc(C(=O)NOCC(N)=O)cc1. The summed E-state index contributed by atoms with van der Waals surface area (Å²) in [5, 5.41) is 0. The Kier molecular flexibility index (Phi) is 5.81. The van der Waals surface area contributed by atoms with E-state index in [1.807, 2.05) is 0 Å². The van der Waals surface area contributed by atoms with Crippen LogP contribution in [0.25, 0.3) is 0 Å². The summed E-state index contributed by atoms with van der Waals surface area (Å²) in [5.74, 6) is 0.0304. The molecule has 1 aromatic carbocycles. The van der Waals surface area contributed by atoms with Gasteiger partial charge in [-0.1, -0.05) is 13.8 Å². The number of carbonyl (C=O) groups is 2. The summed E-state index contributed by atoms with van der Waals surface area (Å²) >= 11 is 0. The molecule has 6 heteroatoms. The molecular weight excluding hydrogens is 248 g/mol. The summed E-state index contributed by atoms with van der Waals surface area (Å²) in [5.41, 5.74) is 7.39. The fourth-order valence-electron chi connectivity index (χ4n) is 1.20. The van der Waals surface area contributed by atoms with E-state index in [2.05, 4.69) is 24.2 Å². The lowest BCUT2D eigenvalue weighted by molar-refractivity contribution is -0.124. The summed E-state index contributed by atoms with van der Waals surface area (Å²) in [6.07, 6.45) is 0. The van der Waals surface area contributed by atoms with E-state index in [4.69, 9.17) is 10.5 Å². The summed E-state index contributed by atoms with van der Waals surface area (Å²) in [6, 6.07) is 6.62. The largest absolute Gasteiger partial charge is 0.493 e. The molecule has 3 N–H and O–H groups in total. The second-order valence-electron chi connectivity index (χ2n) is 4.42. The number of nitrogens with two attached hydrogens (primary N) is 1. The fourth-order valence-corrected chi connectivity index (χ4v) is 1.20. The van der Waals surface area contributed by atoms with Crippen molar-refractivity contribution in [1.82, 2.24) is 5.48 Å². The van der Waals surface area contributed by atoms with Crippen molar-refractivity contribution < 1.29 is 19.2 Å². The van der Waals surface area contributed by atoms with Gasteiger partial charge >= 0.3 is 0 Å². The predicted octanol–water partition coefficient (Wildman–Crippen LogP) is 0.868. The Morgan fingerprint density at radius 2 is 1.89 bits per heavy atom. The van der Waals surface area contributed by atoms with Gasteiger partial charge in [-0.3, -0.25) is 14.4 Å². The summed E-state index contributed by atoms with van der Waals surface area (Å²) in [4.78, 5) is 26.6. The number of primary amides is 1. The van der Waals surface area contributed by atoms with Crippen molar-refractivity contribution in [2.45, 2.75) is 13.8 Å². The first-order valence-corrected chi connectivity index (χ1v) is 5.92. The zero-order valence-corrected chi connectivity index (χ0v) is 11.0. The van der Waals surface area contributed by atoms with Crippen LogP contribution in [0, 0.1) is 5.92 Å². The number of hydrogen-bond donors (Lipinski definition) is 2. The molecule has 1 aromatic rings. The van der Waals surface area contributed by atoms with Crippen molar-refractivity contribution in [2.24, 2.45) is 11.7 Å². The second-order valence-corrected chi connectivity index (χ2v) is 4.42. The van der Waals surface area contributed by atoms with Crippen LogP contribution < -0.4 is 16.0 Å². The van der Waals surface area contributed by atoms with Crippen molar-refractivity contribution in [2.75, 3.05) is 13.2 Å². The molecule has 0 aliphatic heterocycles. The van der Waals surface area contributed by atoms with Gasteiger partial charge in [-0.25, -0.2) is 5.48 Å². The van der Waals surface area contributed by atoms with Gasteiger partial charge in [0.2, 0.25) is 5.91 Å². The average Bonchev–Trinajstić information content (AvgIpc) is 2.36. The molecule has 0 heterocycles. The Hall–Kier alpha value is -2.08. The average molecular weight is 266 g/mol. The molecule has 6 nitrogen and oxygen atoms in total. The molecule has 0 aliphatic carbocycles. The van der Waals surface area contributed by atoms with Crippen LogP contribution in [0.4, 0.5) is 0 Å². The maximum Gasteiger partial charge on any atom is 0.274 e. The van der Waals surface area contributed by atoms with E-state index in [9.17, 15) is 9.59 Å². The first kappa shape index (κ1) is 15.0. The van der Waals surface area contributed by atoms with Crippen LogP contribution in [0.3, 0.4) is 0 Å². The topological polar surface area (TPSA) is 90.7 Å². The minimum atomic E-state index is -0.655. The van der Waals surface area contributed by atoms with E-state index >= 15 is 0 Å². The monoisotopic (exact) mass is 266 g/mol. The van der Waals surface area contributed by atoms with E-state index in [0.29, 0.717) is 23.8 Å². The molecule has 0 saturated heterocycles. The highest BCUT2D eigenvalue weighted by molar-refractivity contribution is 5.93. The number of benzene rings is 1. The third kappa shape index (κ3) is 5.87. The molecule has 2 amide bonds. The minimum Gasteiger partial charge on any atom is -0.493 e. The fraction of sp³-hybridized carbons (Fsp3) is 0.385. The van der Waals surface area contributed by atoms with Crippen molar-refractivity contribution >= 4 is 11.8 Å². The van der Waals surface area contributed by atoms with E-state index in [-0.39, 0.29) is 6.61 Å². The van der Waals surface area contributed by atoms with E-state index in [1.165, 1.54) is 0 Å². The Labute approximate surface area is 111 Å². The molecular formula is C13H18N2O4. The molecule has 0 spiro atoms. The minimum absolute atomic E-state index is 0.360. The number of amides is 2. The van der Waals surface area contributed by atoms with Crippen LogP contribution >= 0.6 is 0 Å². The smallest absolute Gasteiger partial charge is 0.274 e. The van der Waals surface area contributed by atoms with Gasteiger partial charge < -0.3 is 10.5 Å². The van der Waals surface area contributed by atoms with Crippen molar-refractivity contribution in [3.05, 3.63) is 29.8 Å². The quantitative estimate of drug-likeness (QED) is 0.716. The lowest BCUT2D eigenvalue weighted by Crippen LogP contribution is -2.29. The van der Waals surface area contributed by atoms with Crippen LogP contribution in [0.1, 0.15) is 24.2 Å². The highest BCUT2D eigenvalue weighted by Gasteiger charge is 2.06. The second kappa shape index (κ2) is 7.38. The third-order valence-corrected chi connectivity index (χ3v) is 2.08. The number of carbonyl (C=O) groups excluding carboxylic acids is 2. The highest BCUT2D eigenvalue weighted by Crippen LogP contribution is 2.13. The van der Waals surface area contributed by atoms with E-state index in [1.54, 1.807) is 24.3 Å². The van der Waals surface area contributed by atoms with Gasteiger partial charge in [0, 0.05) is 5.56 Å². The first-order chi connectivity index (χ1) is 8.99. The molecule has 0 bridgehead atoms. The van der Waals surface area contributed by atoms with Gasteiger partial charge in [-0.05, 0) is 30.2 Å². The van der Waals surface area contributed by atoms with Crippen molar-refractivity contribution in [3.63, 3.8) is 0 Å². The van der Waals surface area contributed by atoms with E-state index in [0.717, 1.165) is 0 Å². The number of hydroxylamine groups is 1.